The lowest BCUT2D eigenvalue weighted by atomic mass is 10.1. The van der Waals surface area contributed by atoms with Gasteiger partial charge in [-0.25, -0.2) is 0 Å². The Morgan fingerprint density at radius 1 is 1.32 bits per heavy atom. The van der Waals surface area contributed by atoms with Gasteiger partial charge in [0, 0.05) is 44.2 Å². The molecular weight excluding hydrogens is 256 g/mol. The molecule has 2 N–H and O–H groups in total. The number of nitrogens with zero attached hydrogens (tertiary/aromatic N) is 1. The Labute approximate surface area is 120 Å². The lowest BCUT2D eigenvalue weighted by Gasteiger charge is -2.29. The number of aryl methyl sites for hydroxylation is 1. The Kier molecular flexibility index (Phi) is 6.17. The molecule has 0 saturated carbocycles. The second kappa shape index (κ2) is 7.90. The van der Waals surface area contributed by atoms with Gasteiger partial charge in [-0.05, 0) is 18.1 Å². The van der Waals surface area contributed by atoms with Crippen molar-refractivity contribution in [1.82, 2.24) is 10.2 Å². The molecule has 19 heavy (non-hydrogen) atoms. The van der Waals surface area contributed by atoms with Crippen LogP contribution in [0.3, 0.4) is 0 Å². The highest BCUT2D eigenvalue weighted by Crippen LogP contribution is 2.16. The Morgan fingerprint density at radius 3 is 2.79 bits per heavy atom. The molecule has 0 spiro atoms. The van der Waals surface area contributed by atoms with Crippen molar-refractivity contribution in [3.63, 3.8) is 0 Å². The molecule has 1 saturated heterocycles. The van der Waals surface area contributed by atoms with Crippen LogP contribution in [-0.2, 0) is 5.75 Å². The van der Waals surface area contributed by atoms with Crippen LogP contribution >= 0.6 is 11.8 Å². The van der Waals surface area contributed by atoms with E-state index in [1.807, 2.05) is 11.8 Å². The number of thioether (sulfide) groups is 1. The van der Waals surface area contributed by atoms with Gasteiger partial charge in [0.25, 0.3) is 0 Å². The third-order valence-electron chi connectivity index (χ3n) is 3.51. The van der Waals surface area contributed by atoms with Crippen molar-refractivity contribution in [2.45, 2.75) is 18.8 Å². The van der Waals surface area contributed by atoms with Crippen LogP contribution in [0.5, 0.6) is 0 Å². The van der Waals surface area contributed by atoms with E-state index in [0.29, 0.717) is 0 Å². The van der Waals surface area contributed by atoms with E-state index in [0.717, 1.165) is 44.2 Å². The molecule has 1 aliphatic heterocycles. The fourth-order valence-corrected chi connectivity index (χ4v) is 3.36. The van der Waals surface area contributed by atoms with E-state index < -0.39 is 0 Å². The van der Waals surface area contributed by atoms with Gasteiger partial charge in [-0.2, -0.15) is 11.8 Å². The minimum absolute atomic E-state index is 0.216. The van der Waals surface area contributed by atoms with Gasteiger partial charge >= 0.3 is 0 Å². The summed E-state index contributed by atoms with van der Waals surface area (Å²) in [5.74, 6) is 1.81. The SMILES string of the molecule is Cc1ccccc1CSCC(O)CN1CCNCC1. The molecular formula is C15H24N2OS. The van der Waals surface area contributed by atoms with Crippen LogP contribution in [0.15, 0.2) is 24.3 Å². The van der Waals surface area contributed by atoms with E-state index in [2.05, 4.69) is 41.4 Å². The number of rotatable bonds is 6. The number of β-amino-alcohol motifs (C(OH)–C–C–N with tert-alkyl or cyclic N) is 1. The quantitative estimate of drug-likeness (QED) is 0.828. The van der Waals surface area contributed by atoms with Gasteiger partial charge < -0.3 is 10.4 Å². The van der Waals surface area contributed by atoms with E-state index in [9.17, 15) is 5.11 Å². The summed E-state index contributed by atoms with van der Waals surface area (Å²) >= 11 is 1.82. The van der Waals surface area contributed by atoms with E-state index >= 15 is 0 Å². The third-order valence-corrected chi connectivity index (χ3v) is 4.64. The van der Waals surface area contributed by atoms with Crippen LogP contribution in [-0.4, -0.2) is 54.6 Å². The first kappa shape index (κ1) is 14.9. The summed E-state index contributed by atoms with van der Waals surface area (Å²) in [6.45, 7) is 7.15. The second-order valence-corrected chi connectivity index (χ2v) is 6.18. The molecule has 1 heterocycles. The van der Waals surface area contributed by atoms with Gasteiger partial charge in [0.1, 0.15) is 0 Å². The molecule has 0 amide bonds. The highest BCUT2D eigenvalue weighted by Gasteiger charge is 2.14. The highest BCUT2D eigenvalue weighted by molar-refractivity contribution is 7.98. The first-order valence-electron chi connectivity index (χ1n) is 6.99. The zero-order valence-electron chi connectivity index (χ0n) is 11.6. The molecule has 1 aromatic rings. The Bertz CT molecular complexity index is 380. The zero-order chi connectivity index (χ0) is 13.5. The number of benzene rings is 1. The summed E-state index contributed by atoms with van der Waals surface area (Å²) in [6, 6.07) is 8.47. The van der Waals surface area contributed by atoms with E-state index in [4.69, 9.17) is 0 Å². The van der Waals surface area contributed by atoms with Gasteiger partial charge in [0.15, 0.2) is 0 Å². The van der Waals surface area contributed by atoms with Crippen molar-refractivity contribution < 1.29 is 5.11 Å². The molecule has 106 valence electrons. The molecule has 1 aromatic carbocycles. The fraction of sp³-hybridized carbons (Fsp3) is 0.600. The van der Waals surface area contributed by atoms with Crippen LogP contribution in [0.4, 0.5) is 0 Å². The van der Waals surface area contributed by atoms with E-state index in [1.165, 1.54) is 11.1 Å². The average Bonchev–Trinajstić information content (AvgIpc) is 2.42. The van der Waals surface area contributed by atoms with Gasteiger partial charge in [-0.1, -0.05) is 24.3 Å². The predicted octanol–water partition coefficient (Wildman–Crippen LogP) is 1.49. The Balaban J connectivity index is 1.66. The molecule has 0 radical (unpaired) electrons. The number of aliphatic hydroxyl groups excluding tert-OH is 1. The summed E-state index contributed by atoms with van der Waals surface area (Å²) in [5, 5.41) is 13.4. The molecule has 0 bridgehead atoms. The van der Waals surface area contributed by atoms with Gasteiger partial charge in [0.05, 0.1) is 6.10 Å². The molecule has 1 aliphatic rings. The van der Waals surface area contributed by atoms with Gasteiger partial charge in [-0.15, -0.1) is 0 Å². The fourth-order valence-electron chi connectivity index (χ4n) is 2.32. The molecule has 2 rings (SSSR count). The van der Waals surface area contributed by atoms with Crippen molar-refractivity contribution in [2.75, 3.05) is 38.5 Å². The van der Waals surface area contributed by atoms with Crippen molar-refractivity contribution in [3.8, 4) is 0 Å². The third kappa shape index (κ3) is 5.15. The minimum atomic E-state index is -0.216. The normalized spacial score (nSPS) is 18.4. The molecule has 0 aliphatic carbocycles. The van der Waals surface area contributed by atoms with Crippen LogP contribution in [0.2, 0.25) is 0 Å². The summed E-state index contributed by atoms with van der Waals surface area (Å²) in [4.78, 5) is 2.34. The van der Waals surface area contributed by atoms with Crippen molar-refractivity contribution >= 4 is 11.8 Å². The summed E-state index contributed by atoms with van der Waals surface area (Å²) < 4.78 is 0. The van der Waals surface area contributed by atoms with Crippen LogP contribution < -0.4 is 5.32 Å². The summed E-state index contributed by atoms with van der Waals surface area (Å²) in [6.07, 6.45) is -0.216. The minimum Gasteiger partial charge on any atom is -0.391 e. The molecule has 1 unspecified atom stereocenters. The largest absolute Gasteiger partial charge is 0.391 e. The zero-order valence-corrected chi connectivity index (χ0v) is 12.5. The number of piperazine rings is 1. The van der Waals surface area contributed by atoms with Crippen molar-refractivity contribution in [1.29, 1.82) is 0 Å². The number of hydrogen-bond donors (Lipinski definition) is 2. The molecule has 1 atom stereocenters. The predicted molar refractivity (Wildman–Crippen MR) is 82.7 cm³/mol. The molecule has 4 heteroatoms. The van der Waals surface area contributed by atoms with E-state index in [-0.39, 0.29) is 6.10 Å². The van der Waals surface area contributed by atoms with Crippen LogP contribution in [0.1, 0.15) is 11.1 Å². The second-order valence-electron chi connectivity index (χ2n) is 5.15. The first-order valence-corrected chi connectivity index (χ1v) is 8.14. The maximum Gasteiger partial charge on any atom is 0.0757 e. The Morgan fingerprint density at radius 2 is 2.05 bits per heavy atom. The smallest absolute Gasteiger partial charge is 0.0757 e. The van der Waals surface area contributed by atoms with Crippen molar-refractivity contribution in [2.24, 2.45) is 0 Å². The molecule has 0 aromatic heterocycles. The lowest BCUT2D eigenvalue weighted by Crippen LogP contribution is -2.46. The Hall–Kier alpha value is -0.550. The number of nitrogens with one attached hydrogen (secondary N) is 1. The topological polar surface area (TPSA) is 35.5 Å². The van der Waals surface area contributed by atoms with Crippen LogP contribution in [0.25, 0.3) is 0 Å². The summed E-state index contributed by atoms with van der Waals surface area (Å²) in [5.41, 5.74) is 2.72. The van der Waals surface area contributed by atoms with E-state index in [1.54, 1.807) is 0 Å². The number of aliphatic hydroxyl groups is 1. The summed E-state index contributed by atoms with van der Waals surface area (Å²) in [7, 11) is 0. The maximum absolute atomic E-state index is 10.1. The van der Waals surface area contributed by atoms with Crippen molar-refractivity contribution in [3.05, 3.63) is 35.4 Å². The highest BCUT2D eigenvalue weighted by atomic mass is 32.2. The monoisotopic (exact) mass is 280 g/mol. The average molecular weight is 280 g/mol. The molecule has 1 fully saturated rings. The van der Waals surface area contributed by atoms with Gasteiger partial charge in [-0.3, -0.25) is 4.90 Å². The number of hydrogen-bond acceptors (Lipinski definition) is 4. The maximum atomic E-state index is 10.1. The standard InChI is InChI=1S/C15H24N2OS/c1-13-4-2-3-5-14(13)11-19-12-15(18)10-17-8-6-16-7-9-17/h2-5,15-16,18H,6-12H2,1H3. The van der Waals surface area contributed by atoms with Gasteiger partial charge in [0.2, 0.25) is 0 Å². The molecule has 3 nitrogen and oxygen atoms in total. The van der Waals surface area contributed by atoms with Crippen LogP contribution in [0, 0.1) is 6.92 Å². The first-order chi connectivity index (χ1) is 9.25. The lowest BCUT2D eigenvalue weighted by molar-refractivity contribution is 0.121.